The summed E-state index contributed by atoms with van der Waals surface area (Å²) in [7, 11) is 1.54. The number of amides is 1. The molecule has 1 unspecified atom stereocenters. The Morgan fingerprint density at radius 2 is 2.16 bits per heavy atom. The summed E-state index contributed by atoms with van der Waals surface area (Å²) in [4.78, 5) is 11.6. The zero-order valence-electron chi connectivity index (χ0n) is 11.0. The fraction of sp³-hybridized carbons (Fsp3) is 0.462. The molecule has 106 valence electrons. The number of benzene rings is 1. The van der Waals surface area contributed by atoms with Gasteiger partial charge < -0.3 is 15.4 Å². The van der Waals surface area contributed by atoms with E-state index in [1.54, 1.807) is 14.0 Å². The molecule has 1 rings (SSSR count). The first-order chi connectivity index (χ1) is 9.06. The number of methoxy groups -OCH3 is 1. The standard InChI is InChI=1S/C13H18F2N2O2/c1-9(13(18)16-6-7-19-2)17-8-10-4-3-5-11(14)12(10)15/h3-5,9,17H,6-8H2,1-2H3,(H,16,18). The van der Waals surface area contributed by atoms with E-state index in [9.17, 15) is 13.6 Å². The number of carbonyl (C=O) groups excluding carboxylic acids is 1. The first-order valence-corrected chi connectivity index (χ1v) is 5.99. The molecule has 1 amide bonds. The van der Waals surface area contributed by atoms with Gasteiger partial charge >= 0.3 is 0 Å². The third-order valence-electron chi connectivity index (χ3n) is 2.63. The average Bonchev–Trinajstić information content (AvgIpc) is 2.40. The summed E-state index contributed by atoms with van der Waals surface area (Å²) in [6.07, 6.45) is 0. The van der Waals surface area contributed by atoms with Crippen molar-refractivity contribution >= 4 is 5.91 Å². The molecule has 2 N–H and O–H groups in total. The van der Waals surface area contributed by atoms with Crippen LogP contribution in [0.1, 0.15) is 12.5 Å². The highest BCUT2D eigenvalue weighted by atomic mass is 19.2. The molecule has 0 aromatic heterocycles. The Hall–Kier alpha value is -1.53. The van der Waals surface area contributed by atoms with Crippen LogP contribution in [-0.4, -0.2) is 32.2 Å². The van der Waals surface area contributed by atoms with Crippen LogP contribution in [-0.2, 0) is 16.1 Å². The maximum absolute atomic E-state index is 13.4. The normalized spacial score (nSPS) is 12.2. The minimum absolute atomic E-state index is 0.0858. The van der Waals surface area contributed by atoms with Crippen LogP contribution in [0.2, 0.25) is 0 Å². The van der Waals surface area contributed by atoms with E-state index in [-0.39, 0.29) is 18.0 Å². The van der Waals surface area contributed by atoms with E-state index >= 15 is 0 Å². The van der Waals surface area contributed by atoms with Gasteiger partial charge in [-0.3, -0.25) is 4.79 Å². The van der Waals surface area contributed by atoms with Crippen LogP contribution < -0.4 is 10.6 Å². The van der Waals surface area contributed by atoms with Gasteiger partial charge in [0.2, 0.25) is 5.91 Å². The van der Waals surface area contributed by atoms with Gasteiger partial charge in [-0.1, -0.05) is 12.1 Å². The summed E-state index contributed by atoms with van der Waals surface area (Å²) in [5, 5.41) is 5.49. The molecule has 4 nitrogen and oxygen atoms in total. The van der Waals surface area contributed by atoms with E-state index < -0.39 is 17.7 Å². The fourth-order valence-electron chi connectivity index (χ4n) is 1.47. The lowest BCUT2D eigenvalue weighted by Crippen LogP contribution is -2.42. The van der Waals surface area contributed by atoms with Crippen molar-refractivity contribution in [3.63, 3.8) is 0 Å². The Labute approximate surface area is 111 Å². The zero-order chi connectivity index (χ0) is 14.3. The van der Waals surface area contributed by atoms with Gasteiger partial charge in [-0.15, -0.1) is 0 Å². The summed E-state index contributed by atoms with van der Waals surface area (Å²) in [6.45, 7) is 2.58. The Morgan fingerprint density at radius 3 is 2.84 bits per heavy atom. The monoisotopic (exact) mass is 272 g/mol. The summed E-state index contributed by atoms with van der Waals surface area (Å²) >= 11 is 0. The molecule has 0 aliphatic rings. The lowest BCUT2D eigenvalue weighted by Gasteiger charge is -2.14. The Balaban J connectivity index is 2.43. The fourth-order valence-corrected chi connectivity index (χ4v) is 1.47. The molecule has 0 aliphatic heterocycles. The molecule has 1 atom stereocenters. The van der Waals surface area contributed by atoms with Crippen LogP contribution in [0.5, 0.6) is 0 Å². The van der Waals surface area contributed by atoms with Crippen molar-refractivity contribution in [3.8, 4) is 0 Å². The van der Waals surface area contributed by atoms with Crippen LogP contribution >= 0.6 is 0 Å². The van der Waals surface area contributed by atoms with E-state index in [0.29, 0.717) is 13.2 Å². The Morgan fingerprint density at radius 1 is 1.42 bits per heavy atom. The lowest BCUT2D eigenvalue weighted by atomic mass is 10.2. The summed E-state index contributed by atoms with van der Waals surface area (Å²) in [5.41, 5.74) is 0.191. The second kappa shape index (κ2) is 7.81. The minimum atomic E-state index is -0.892. The molecule has 0 heterocycles. The maximum atomic E-state index is 13.4. The van der Waals surface area contributed by atoms with E-state index in [1.807, 2.05) is 0 Å². The largest absolute Gasteiger partial charge is 0.383 e. The number of nitrogens with one attached hydrogen (secondary N) is 2. The van der Waals surface area contributed by atoms with Crippen molar-refractivity contribution in [3.05, 3.63) is 35.4 Å². The van der Waals surface area contributed by atoms with Gasteiger partial charge in [0.15, 0.2) is 11.6 Å². The van der Waals surface area contributed by atoms with Crippen LogP contribution in [0.3, 0.4) is 0 Å². The van der Waals surface area contributed by atoms with E-state index in [0.717, 1.165) is 6.07 Å². The van der Waals surface area contributed by atoms with Crippen molar-refractivity contribution in [2.24, 2.45) is 0 Å². The third kappa shape index (κ3) is 4.92. The highest BCUT2D eigenvalue weighted by Gasteiger charge is 2.13. The maximum Gasteiger partial charge on any atom is 0.236 e. The Bertz CT molecular complexity index is 427. The summed E-state index contributed by atoms with van der Waals surface area (Å²) < 4.78 is 31.1. The van der Waals surface area contributed by atoms with Crippen molar-refractivity contribution in [1.82, 2.24) is 10.6 Å². The molecule has 0 aliphatic carbocycles. The van der Waals surface area contributed by atoms with Crippen LogP contribution in [0.15, 0.2) is 18.2 Å². The van der Waals surface area contributed by atoms with Gasteiger partial charge in [0, 0.05) is 25.8 Å². The minimum Gasteiger partial charge on any atom is -0.383 e. The van der Waals surface area contributed by atoms with E-state index in [2.05, 4.69) is 10.6 Å². The number of carbonyl (C=O) groups is 1. The first kappa shape index (κ1) is 15.5. The summed E-state index contributed by atoms with van der Waals surface area (Å²) in [5.74, 6) is -1.99. The van der Waals surface area contributed by atoms with Crippen molar-refractivity contribution in [2.75, 3.05) is 20.3 Å². The molecule has 1 aromatic rings. The predicted molar refractivity (Wildman–Crippen MR) is 67.5 cm³/mol. The quantitative estimate of drug-likeness (QED) is 0.733. The molecule has 6 heteroatoms. The Kier molecular flexibility index (Phi) is 6.38. The van der Waals surface area contributed by atoms with Crippen LogP contribution in [0, 0.1) is 11.6 Å². The molecule has 0 spiro atoms. The number of halogens is 2. The number of ether oxygens (including phenoxy) is 1. The second-order valence-corrected chi connectivity index (χ2v) is 4.10. The lowest BCUT2D eigenvalue weighted by molar-refractivity contribution is -0.123. The van der Waals surface area contributed by atoms with Gasteiger partial charge in [0.1, 0.15) is 0 Å². The van der Waals surface area contributed by atoms with Gasteiger partial charge in [0.25, 0.3) is 0 Å². The van der Waals surface area contributed by atoms with Gasteiger partial charge in [0.05, 0.1) is 12.6 Å². The van der Waals surface area contributed by atoms with Crippen molar-refractivity contribution in [1.29, 1.82) is 0 Å². The highest BCUT2D eigenvalue weighted by Crippen LogP contribution is 2.10. The van der Waals surface area contributed by atoms with Crippen LogP contribution in [0.4, 0.5) is 8.78 Å². The smallest absolute Gasteiger partial charge is 0.236 e. The first-order valence-electron chi connectivity index (χ1n) is 5.99. The predicted octanol–water partition coefficient (Wildman–Crippen LogP) is 1.21. The van der Waals surface area contributed by atoms with Crippen molar-refractivity contribution < 1.29 is 18.3 Å². The molecule has 19 heavy (non-hydrogen) atoms. The molecular weight excluding hydrogens is 254 g/mol. The molecule has 0 saturated heterocycles. The molecule has 1 aromatic carbocycles. The molecule has 0 saturated carbocycles. The SMILES string of the molecule is COCCNC(=O)C(C)NCc1cccc(F)c1F. The van der Waals surface area contributed by atoms with Gasteiger partial charge in [-0.05, 0) is 13.0 Å². The molecule has 0 radical (unpaired) electrons. The van der Waals surface area contributed by atoms with Gasteiger partial charge in [-0.25, -0.2) is 8.78 Å². The number of rotatable bonds is 7. The second-order valence-electron chi connectivity index (χ2n) is 4.10. The third-order valence-corrected chi connectivity index (χ3v) is 2.63. The average molecular weight is 272 g/mol. The van der Waals surface area contributed by atoms with E-state index in [4.69, 9.17) is 4.74 Å². The molecule has 0 bridgehead atoms. The topological polar surface area (TPSA) is 50.4 Å². The molecular formula is C13H18F2N2O2. The number of hydrogen-bond donors (Lipinski definition) is 2. The van der Waals surface area contributed by atoms with E-state index in [1.165, 1.54) is 12.1 Å². The van der Waals surface area contributed by atoms with Crippen molar-refractivity contribution in [2.45, 2.75) is 19.5 Å². The van der Waals surface area contributed by atoms with Gasteiger partial charge in [-0.2, -0.15) is 0 Å². The molecule has 0 fully saturated rings. The number of hydrogen-bond acceptors (Lipinski definition) is 3. The highest BCUT2D eigenvalue weighted by molar-refractivity contribution is 5.81. The zero-order valence-corrected chi connectivity index (χ0v) is 11.0. The van der Waals surface area contributed by atoms with Crippen LogP contribution in [0.25, 0.3) is 0 Å². The summed E-state index contributed by atoms with van der Waals surface area (Å²) in [6, 6.07) is 3.46.